The Bertz CT molecular complexity index is 476. The summed E-state index contributed by atoms with van der Waals surface area (Å²) in [6, 6.07) is 5.90. The molecule has 0 fully saturated rings. The number of imidazole rings is 1. The number of aryl methyl sites for hydroxylation is 1. The highest BCUT2D eigenvalue weighted by Crippen LogP contribution is 2.20. The molecule has 0 saturated heterocycles. The van der Waals surface area contributed by atoms with Crippen LogP contribution in [0.1, 0.15) is 11.3 Å². The van der Waals surface area contributed by atoms with Gasteiger partial charge in [0.2, 0.25) is 0 Å². The zero-order valence-electron chi connectivity index (χ0n) is 8.44. The Morgan fingerprint density at radius 2 is 2.27 bits per heavy atom. The molecule has 0 radical (unpaired) electrons. The van der Waals surface area contributed by atoms with Crippen molar-refractivity contribution in [3.63, 3.8) is 0 Å². The highest BCUT2D eigenvalue weighted by molar-refractivity contribution is 6.31. The van der Waals surface area contributed by atoms with Crippen LogP contribution in [0, 0.1) is 6.92 Å². The van der Waals surface area contributed by atoms with Crippen molar-refractivity contribution in [1.82, 2.24) is 9.55 Å². The van der Waals surface area contributed by atoms with Gasteiger partial charge in [0, 0.05) is 23.5 Å². The number of nitrogens with two attached hydrogens (primary N) is 1. The summed E-state index contributed by atoms with van der Waals surface area (Å²) in [7, 11) is 0. The number of hydrogen-bond acceptors (Lipinski definition) is 2. The van der Waals surface area contributed by atoms with Crippen molar-refractivity contribution in [3.05, 3.63) is 47.0 Å². The van der Waals surface area contributed by atoms with Gasteiger partial charge in [0.25, 0.3) is 0 Å². The zero-order chi connectivity index (χ0) is 10.8. The van der Waals surface area contributed by atoms with Crippen LogP contribution in [0.3, 0.4) is 0 Å². The van der Waals surface area contributed by atoms with E-state index in [4.69, 9.17) is 17.3 Å². The van der Waals surface area contributed by atoms with Gasteiger partial charge in [0.1, 0.15) is 0 Å². The molecule has 1 aromatic carbocycles. The van der Waals surface area contributed by atoms with Gasteiger partial charge in [0.15, 0.2) is 0 Å². The summed E-state index contributed by atoms with van der Waals surface area (Å²) >= 11 is 6.06. The summed E-state index contributed by atoms with van der Waals surface area (Å²) in [5.41, 5.74) is 8.63. The fraction of sp³-hybridized carbons (Fsp3) is 0.182. The Labute approximate surface area is 93.5 Å². The first-order valence-electron chi connectivity index (χ1n) is 4.70. The molecule has 2 N–H and O–H groups in total. The van der Waals surface area contributed by atoms with Gasteiger partial charge in [0.05, 0.1) is 12.0 Å². The van der Waals surface area contributed by atoms with Crippen LogP contribution < -0.4 is 5.73 Å². The van der Waals surface area contributed by atoms with E-state index in [-0.39, 0.29) is 0 Å². The molecule has 0 atom stereocenters. The van der Waals surface area contributed by atoms with Crippen LogP contribution in [0.15, 0.2) is 30.7 Å². The average molecular weight is 222 g/mol. The van der Waals surface area contributed by atoms with E-state index in [0.717, 1.165) is 22.0 Å². The van der Waals surface area contributed by atoms with Crippen molar-refractivity contribution >= 4 is 11.6 Å². The van der Waals surface area contributed by atoms with Gasteiger partial charge < -0.3 is 10.3 Å². The molecule has 0 amide bonds. The van der Waals surface area contributed by atoms with Crippen molar-refractivity contribution < 1.29 is 0 Å². The molecular formula is C11H12ClN3. The molecule has 4 heteroatoms. The highest BCUT2D eigenvalue weighted by atomic mass is 35.5. The Balaban J connectivity index is 2.50. The predicted molar refractivity (Wildman–Crippen MR) is 61.2 cm³/mol. The SMILES string of the molecule is Cc1ccc(-n2cncc2CN)cc1Cl. The Kier molecular flexibility index (Phi) is 2.75. The summed E-state index contributed by atoms with van der Waals surface area (Å²) in [5, 5.41) is 0.754. The molecule has 0 bridgehead atoms. The number of rotatable bonds is 2. The van der Waals surface area contributed by atoms with Crippen LogP contribution in [-0.4, -0.2) is 9.55 Å². The molecule has 15 heavy (non-hydrogen) atoms. The molecular weight excluding hydrogens is 210 g/mol. The van der Waals surface area contributed by atoms with Crippen molar-refractivity contribution in [2.24, 2.45) is 5.73 Å². The van der Waals surface area contributed by atoms with Gasteiger partial charge >= 0.3 is 0 Å². The summed E-state index contributed by atoms with van der Waals surface area (Å²) < 4.78 is 1.94. The summed E-state index contributed by atoms with van der Waals surface area (Å²) in [6.07, 6.45) is 3.50. The second-order valence-corrected chi connectivity index (χ2v) is 3.80. The Hall–Kier alpha value is -1.32. The van der Waals surface area contributed by atoms with Gasteiger partial charge in [-0.15, -0.1) is 0 Å². The molecule has 0 spiro atoms. The van der Waals surface area contributed by atoms with E-state index in [1.807, 2.05) is 29.7 Å². The van der Waals surface area contributed by atoms with Crippen LogP contribution in [0.2, 0.25) is 5.02 Å². The fourth-order valence-corrected chi connectivity index (χ4v) is 1.61. The second-order valence-electron chi connectivity index (χ2n) is 3.39. The summed E-state index contributed by atoms with van der Waals surface area (Å²) in [4.78, 5) is 4.06. The first kappa shape index (κ1) is 10.2. The van der Waals surface area contributed by atoms with Gasteiger partial charge in [-0.05, 0) is 24.6 Å². The van der Waals surface area contributed by atoms with Gasteiger partial charge in [-0.3, -0.25) is 0 Å². The molecule has 1 aromatic heterocycles. The molecule has 0 unspecified atom stereocenters. The number of benzene rings is 1. The van der Waals surface area contributed by atoms with Gasteiger partial charge in [-0.2, -0.15) is 0 Å². The van der Waals surface area contributed by atoms with Crippen LogP contribution >= 0.6 is 11.6 Å². The van der Waals surface area contributed by atoms with E-state index < -0.39 is 0 Å². The van der Waals surface area contributed by atoms with Crippen molar-refractivity contribution in [1.29, 1.82) is 0 Å². The lowest BCUT2D eigenvalue weighted by molar-refractivity contribution is 0.910. The van der Waals surface area contributed by atoms with E-state index >= 15 is 0 Å². The maximum absolute atomic E-state index is 6.06. The topological polar surface area (TPSA) is 43.8 Å². The van der Waals surface area contributed by atoms with Gasteiger partial charge in [-0.25, -0.2) is 4.98 Å². The minimum absolute atomic E-state index is 0.464. The third-order valence-electron chi connectivity index (χ3n) is 2.36. The highest BCUT2D eigenvalue weighted by Gasteiger charge is 2.04. The lowest BCUT2D eigenvalue weighted by atomic mass is 10.2. The standard InChI is InChI=1S/C11H12ClN3/c1-8-2-3-9(4-11(8)12)15-7-14-6-10(15)5-13/h2-4,6-7H,5,13H2,1H3. The first-order valence-corrected chi connectivity index (χ1v) is 5.08. The summed E-state index contributed by atoms with van der Waals surface area (Å²) in [6.45, 7) is 2.44. The first-order chi connectivity index (χ1) is 7.22. The van der Waals surface area contributed by atoms with Crippen LogP contribution in [-0.2, 0) is 6.54 Å². The Morgan fingerprint density at radius 3 is 2.93 bits per heavy atom. The maximum Gasteiger partial charge on any atom is 0.0994 e. The van der Waals surface area contributed by atoms with Crippen LogP contribution in [0.4, 0.5) is 0 Å². The third-order valence-corrected chi connectivity index (χ3v) is 2.77. The molecule has 1 heterocycles. The second kappa shape index (κ2) is 4.04. The minimum atomic E-state index is 0.464. The third kappa shape index (κ3) is 1.89. The number of hydrogen-bond donors (Lipinski definition) is 1. The lowest BCUT2D eigenvalue weighted by Crippen LogP contribution is -2.04. The van der Waals surface area contributed by atoms with Crippen LogP contribution in [0.25, 0.3) is 5.69 Å². The van der Waals surface area contributed by atoms with E-state index in [1.165, 1.54) is 0 Å². The number of halogens is 1. The quantitative estimate of drug-likeness (QED) is 0.846. The smallest absolute Gasteiger partial charge is 0.0994 e. The van der Waals surface area contributed by atoms with Crippen molar-refractivity contribution in [2.75, 3.05) is 0 Å². The van der Waals surface area contributed by atoms with E-state index in [0.29, 0.717) is 6.54 Å². The molecule has 0 saturated carbocycles. The fourth-order valence-electron chi connectivity index (χ4n) is 1.44. The molecule has 78 valence electrons. The molecule has 0 aliphatic carbocycles. The van der Waals surface area contributed by atoms with Crippen LogP contribution in [0.5, 0.6) is 0 Å². The minimum Gasteiger partial charge on any atom is -0.325 e. The van der Waals surface area contributed by atoms with Crippen molar-refractivity contribution in [3.8, 4) is 5.69 Å². The number of nitrogens with zero attached hydrogens (tertiary/aromatic N) is 2. The monoisotopic (exact) mass is 221 g/mol. The predicted octanol–water partition coefficient (Wildman–Crippen LogP) is 2.29. The average Bonchev–Trinajstić information content (AvgIpc) is 2.70. The molecule has 2 aromatic rings. The largest absolute Gasteiger partial charge is 0.325 e. The van der Waals surface area contributed by atoms with E-state index in [1.54, 1.807) is 12.5 Å². The number of aromatic nitrogens is 2. The Morgan fingerprint density at radius 1 is 1.47 bits per heavy atom. The zero-order valence-corrected chi connectivity index (χ0v) is 9.20. The van der Waals surface area contributed by atoms with Crippen molar-refractivity contribution in [2.45, 2.75) is 13.5 Å². The molecule has 0 aliphatic rings. The molecule has 3 nitrogen and oxygen atoms in total. The molecule has 0 aliphatic heterocycles. The normalized spacial score (nSPS) is 10.6. The van der Waals surface area contributed by atoms with E-state index in [9.17, 15) is 0 Å². The lowest BCUT2D eigenvalue weighted by Gasteiger charge is -2.07. The summed E-state index contributed by atoms with van der Waals surface area (Å²) in [5.74, 6) is 0. The van der Waals surface area contributed by atoms with E-state index in [2.05, 4.69) is 4.98 Å². The maximum atomic E-state index is 6.06. The van der Waals surface area contributed by atoms with Gasteiger partial charge in [-0.1, -0.05) is 17.7 Å². The molecule has 2 rings (SSSR count).